The molecule has 30 heavy (non-hydrogen) atoms. The van der Waals surface area contributed by atoms with Crippen LogP contribution in [0.4, 0.5) is 5.69 Å². The molecule has 0 aliphatic carbocycles. The van der Waals surface area contributed by atoms with E-state index in [0.29, 0.717) is 29.8 Å². The normalized spacial score (nSPS) is 15.9. The molecule has 1 aromatic carbocycles. The van der Waals surface area contributed by atoms with E-state index in [1.54, 1.807) is 30.4 Å². The number of aromatic nitrogens is 3. The van der Waals surface area contributed by atoms with Crippen molar-refractivity contribution >= 4 is 44.7 Å². The minimum Gasteiger partial charge on any atom is -0.325 e. The molecule has 3 aromatic rings. The maximum atomic E-state index is 12.6. The first kappa shape index (κ1) is 21.0. The average Bonchev–Trinajstić information content (AvgIpc) is 3.49. The largest absolute Gasteiger partial charge is 0.325 e. The Kier molecular flexibility index (Phi) is 6.23. The highest BCUT2D eigenvalue weighted by Gasteiger charge is 2.27. The van der Waals surface area contributed by atoms with Gasteiger partial charge in [-0.05, 0) is 55.5 Å². The van der Waals surface area contributed by atoms with Gasteiger partial charge in [0.2, 0.25) is 21.1 Å². The molecule has 8 nitrogen and oxygen atoms in total. The molecule has 158 valence electrons. The van der Waals surface area contributed by atoms with Gasteiger partial charge >= 0.3 is 0 Å². The van der Waals surface area contributed by atoms with Gasteiger partial charge in [-0.3, -0.25) is 9.89 Å². The number of rotatable bonds is 7. The fraction of sp³-hybridized carbons (Fsp3) is 0.316. The number of nitrogens with zero attached hydrogens (tertiary/aromatic N) is 3. The molecule has 1 aliphatic rings. The Morgan fingerprint density at radius 1 is 1.23 bits per heavy atom. The highest BCUT2D eigenvalue weighted by atomic mass is 32.2. The summed E-state index contributed by atoms with van der Waals surface area (Å²) in [5.41, 5.74) is 0.544. The highest BCUT2D eigenvalue weighted by Crippen LogP contribution is 2.26. The van der Waals surface area contributed by atoms with Crippen molar-refractivity contribution in [1.29, 1.82) is 0 Å². The van der Waals surface area contributed by atoms with Crippen molar-refractivity contribution in [2.45, 2.75) is 35.1 Å². The molecule has 1 fully saturated rings. The van der Waals surface area contributed by atoms with Gasteiger partial charge in [-0.2, -0.15) is 4.31 Å². The molecule has 2 aromatic heterocycles. The number of carbonyl (C=O) groups is 1. The number of thiophene rings is 1. The maximum absolute atomic E-state index is 12.6. The van der Waals surface area contributed by atoms with Gasteiger partial charge in [-0.25, -0.2) is 13.4 Å². The summed E-state index contributed by atoms with van der Waals surface area (Å²) in [4.78, 5) is 18.2. The lowest BCUT2D eigenvalue weighted by Gasteiger charge is -2.16. The van der Waals surface area contributed by atoms with Crippen LogP contribution in [0.2, 0.25) is 0 Å². The van der Waals surface area contributed by atoms with Crippen LogP contribution < -0.4 is 5.32 Å². The van der Waals surface area contributed by atoms with E-state index in [2.05, 4.69) is 20.5 Å². The number of carbonyl (C=O) groups excluding carboxylic acids is 1. The molecule has 0 radical (unpaired) electrons. The fourth-order valence-electron chi connectivity index (χ4n) is 3.07. The number of sulfonamides is 1. The lowest BCUT2D eigenvalue weighted by atomic mass is 10.3. The first-order valence-electron chi connectivity index (χ1n) is 9.47. The highest BCUT2D eigenvalue weighted by molar-refractivity contribution is 8.00. The summed E-state index contributed by atoms with van der Waals surface area (Å²) in [6, 6.07) is 10.2. The van der Waals surface area contributed by atoms with Crippen molar-refractivity contribution in [1.82, 2.24) is 19.5 Å². The first-order valence-corrected chi connectivity index (χ1v) is 12.7. The van der Waals surface area contributed by atoms with Gasteiger partial charge in [-0.15, -0.1) is 16.4 Å². The zero-order valence-corrected chi connectivity index (χ0v) is 18.7. The van der Waals surface area contributed by atoms with Gasteiger partial charge in [0.1, 0.15) is 0 Å². The Morgan fingerprint density at radius 2 is 1.97 bits per heavy atom. The predicted octanol–water partition coefficient (Wildman–Crippen LogP) is 3.44. The topological polar surface area (TPSA) is 108 Å². The van der Waals surface area contributed by atoms with Crippen molar-refractivity contribution in [2.75, 3.05) is 18.4 Å². The number of hydrogen-bond donors (Lipinski definition) is 2. The van der Waals surface area contributed by atoms with Crippen LogP contribution in [-0.2, 0) is 14.8 Å². The predicted molar refractivity (Wildman–Crippen MR) is 118 cm³/mol. The Bertz CT molecular complexity index is 1100. The first-order chi connectivity index (χ1) is 14.4. The molecule has 1 aliphatic heterocycles. The summed E-state index contributed by atoms with van der Waals surface area (Å²) in [5, 5.41) is 11.9. The van der Waals surface area contributed by atoms with Crippen molar-refractivity contribution in [2.24, 2.45) is 0 Å². The summed E-state index contributed by atoms with van der Waals surface area (Å²) in [6.07, 6.45) is 1.78. The molecule has 0 saturated carbocycles. The molecule has 1 saturated heterocycles. The Labute approximate surface area is 183 Å². The third-order valence-corrected chi connectivity index (χ3v) is 8.45. The van der Waals surface area contributed by atoms with E-state index in [1.165, 1.54) is 28.2 Å². The molecule has 1 atom stereocenters. The van der Waals surface area contributed by atoms with Gasteiger partial charge in [-0.1, -0.05) is 17.8 Å². The third kappa shape index (κ3) is 4.59. The van der Waals surface area contributed by atoms with Crippen molar-refractivity contribution < 1.29 is 13.2 Å². The smallest absolute Gasteiger partial charge is 0.243 e. The molecule has 1 amide bonds. The van der Waals surface area contributed by atoms with E-state index < -0.39 is 15.3 Å². The minimum atomic E-state index is -3.46. The maximum Gasteiger partial charge on any atom is 0.243 e. The molecule has 2 N–H and O–H groups in total. The summed E-state index contributed by atoms with van der Waals surface area (Å²) >= 11 is 2.81. The van der Waals surface area contributed by atoms with Crippen LogP contribution in [0.25, 0.3) is 10.7 Å². The zero-order chi connectivity index (χ0) is 21.1. The van der Waals surface area contributed by atoms with Crippen LogP contribution in [0.1, 0.15) is 19.8 Å². The van der Waals surface area contributed by atoms with Crippen LogP contribution in [-0.4, -0.2) is 52.2 Å². The summed E-state index contributed by atoms with van der Waals surface area (Å²) < 4.78 is 26.7. The van der Waals surface area contributed by atoms with Crippen molar-refractivity contribution in [3.05, 3.63) is 41.8 Å². The van der Waals surface area contributed by atoms with E-state index in [9.17, 15) is 13.2 Å². The fourth-order valence-corrected chi connectivity index (χ4v) is 5.97. The molecule has 0 spiro atoms. The van der Waals surface area contributed by atoms with E-state index in [-0.39, 0.29) is 10.8 Å². The quantitative estimate of drug-likeness (QED) is 0.520. The number of anilines is 1. The van der Waals surface area contributed by atoms with Crippen LogP contribution in [0.3, 0.4) is 0 Å². The summed E-state index contributed by atoms with van der Waals surface area (Å²) in [6.45, 7) is 2.89. The number of H-pyrrole nitrogens is 1. The monoisotopic (exact) mass is 463 g/mol. The summed E-state index contributed by atoms with van der Waals surface area (Å²) in [5.74, 6) is 0.465. The molecular weight excluding hydrogens is 442 g/mol. The van der Waals surface area contributed by atoms with E-state index in [1.807, 2.05) is 17.5 Å². The molecule has 3 heterocycles. The number of nitrogens with one attached hydrogen (secondary N) is 2. The Hall–Kier alpha value is -2.21. The molecule has 4 rings (SSSR count). The summed E-state index contributed by atoms with van der Waals surface area (Å²) in [7, 11) is -3.46. The second-order valence-corrected chi connectivity index (χ2v) is 11.0. The van der Waals surface area contributed by atoms with Crippen molar-refractivity contribution in [3.8, 4) is 10.7 Å². The van der Waals surface area contributed by atoms with Crippen molar-refractivity contribution in [3.63, 3.8) is 0 Å². The van der Waals surface area contributed by atoms with Gasteiger partial charge in [0.15, 0.2) is 5.82 Å². The zero-order valence-electron chi connectivity index (χ0n) is 16.2. The molecular formula is C19H21N5O3S3. The van der Waals surface area contributed by atoms with Crippen LogP contribution in [0.5, 0.6) is 0 Å². The molecule has 11 heteroatoms. The molecule has 0 unspecified atom stereocenters. The van der Waals surface area contributed by atoms with Gasteiger partial charge in [0.05, 0.1) is 15.0 Å². The van der Waals surface area contributed by atoms with E-state index in [0.717, 1.165) is 17.7 Å². The van der Waals surface area contributed by atoms with Gasteiger partial charge < -0.3 is 5.32 Å². The number of benzene rings is 1. The number of hydrogen-bond acceptors (Lipinski definition) is 7. The van der Waals surface area contributed by atoms with Gasteiger partial charge in [0.25, 0.3) is 0 Å². The SMILES string of the molecule is C[C@@H](Sc1n[nH]c(-c2cccs2)n1)C(=O)Nc1ccc(S(=O)(=O)N2CCCC2)cc1. The van der Waals surface area contributed by atoms with E-state index in [4.69, 9.17) is 0 Å². The van der Waals surface area contributed by atoms with Gasteiger partial charge in [0, 0.05) is 18.8 Å². The Balaban J connectivity index is 1.36. The minimum absolute atomic E-state index is 0.211. The lowest BCUT2D eigenvalue weighted by Crippen LogP contribution is -2.27. The molecule has 0 bridgehead atoms. The number of thioether (sulfide) groups is 1. The average molecular weight is 464 g/mol. The number of aromatic amines is 1. The van der Waals surface area contributed by atoms with Crippen LogP contribution in [0.15, 0.2) is 51.8 Å². The number of amides is 1. The standard InChI is InChI=1S/C19H21N5O3S3/c1-13(29-19-21-17(22-23-19)16-5-4-12-28-16)18(25)20-14-6-8-15(9-7-14)30(26,27)24-10-2-3-11-24/h4-9,12-13H,2-3,10-11H2,1H3,(H,20,25)(H,21,22,23)/t13-/m1/s1. The lowest BCUT2D eigenvalue weighted by molar-refractivity contribution is -0.115. The van der Waals surface area contributed by atoms with Crippen LogP contribution in [0, 0.1) is 0 Å². The van der Waals surface area contributed by atoms with E-state index >= 15 is 0 Å². The van der Waals surface area contributed by atoms with Crippen LogP contribution >= 0.6 is 23.1 Å². The Morgan fingerprint density at radius 3 is 2.63 bits per heavy atom. The second-order valence-electron chi connectivity index (χ2n) is 6.83. The third-order valence-electron chi connectivity index (χ3n) is 4.70. The second kappa shape index (κ2) is 8.88.